The number of carboxylic acid groups (broad SMARTS) is 4. The summed E-state index contributed by atoms with van der Waals surface area (Å²) in [5.41, 5.74) is 0. The van der Waals surface area contributed by atoms with E-state index in [9.17, 15) is 162 Å². The van der Waals surface area contributed by atoms with Gasteiger partial charge in [-0.15, -0.1) is 0 Å². The van der Waals surface area contributed by atoms with Crippen LogP contribution in [0.4, 0.5) is 0 Å². The molecule has 0 bridgehead atoms. The molecular formula is C50H79N3O48S2. The zero-order valence-electron chi connectivity index (χ0n) is 52.4. The van der Waals surface area contributed by atoms with Gasteiger partial charge in [0.1, 0.15) is 171 Å². The minimum absolute atomic E-state index is 0.793. The average Bonchev–Trinajstić information content (AvgIpc) is 1.13. The van der Waals surface area contributed by atoms with Crippen LogP contribution in [0.15, 0.2) is 0 Å². The SMILES string of the molecule is CC(=O)N[C@H]1[C@@H](O[C@H]2[C@H](O)[C@@H](O)[C@H](O[C@H]3[C@H](O)[C@@H](CO)O[C@@H]3CO)O[C@@H]2C(=O)O)O[C@H](CO)[C@@H](O[C@@H]2O[C@H](C(=O)O)[C@@H](O[C@H]3O[C@H](CO)[C@@H](O[C@@H]4O[C@H](C(=O)O)[C@@H](O[C@H]5O[C@H](CO)[C@@H](O[C@@H]6O[C@H](C(=O)O)[C@@H](O)[C@H](O)[C@H]6O)[C@H](O)[C@H]5NS(=O)(=O)O)[C@H](O)[C@H]4O)[C@H](O)[C@H]3NS(=O)(=O)O)[C@H](O)[C@H]2O)[C@@H]1O. The summed E-state index contributed by atoms with van der Waals surface area (Å²) in [6, 6.07) is -7.18. The fraction of sp³-hybridized carbons (Fsp3) is 0.900. The highest BCUT2D eigenvalue weighted by atomic mass is 32.2. The third-order valence-corrected chi connectivity index (χ3v) is 18.6. The lowest BCUT2D eigenvalue weighted by molar-refractivity contribution is -0.381. The molecule has 8 heterocycles. The molecule has 53 heteroatoms. The molecule has 0 radical (unpaired) electrons. The van der Waals surface area contributed by atoms with E-state index in [4.69, 9.17) is 71.1 Å². The van der Waals surface area contributed by atoms with Crippen LogP contribution < -0.4 is 14.8 Å². The first kappa shape index (κ1) is 84.4. The zero-order chi connectivity index (χ0) is 76.7. The standard InChI is InChI=1S/C50H79N3O48S2/c1-7(59)51-13-17(61)30(10(4-56)88-44(13)95-33-22(66)26(70)48(99-37(33)41(75)76)91-29-9(3-55)87-8(2-54)16(29)60)92-49-27(71)23(67)34(38(100-49)42(77)78)96-46-15(53-103(84,85)86)19(63)32(12(6-58)90-46)94-50-28(72)24(68)35(39(101-50)43(79)80)97-45-14(52-102(81,82)83)18(62)31(11(5-57)89-45)93-47-25(69)20(64)21(65)36(98-47)40(73)74/h8-39,44-50,52-58,60-72H,2-6H2,1H3,(H,51,59)(H,73,74)(H,75,76)(H,77,78)(H,79,80)(H,81,82,83)(H,84,85,86)/t8-,9-,10-,11-,12-,13-,14-,15-,16-,17-,18-,19-,20+,21+,22-,23-,24-,25-,26-,27-,28-,29-,30-,31-,32-,33+,34+,35+,36+,37+,38+,39+,44-,45-,46-,47-,48-,49-,50-/m1/s1. The van der Waals surface area contributed by atoms with E-state index in [1.165, 1.54) is 9.44 Å². The second kappa shape index (κ2) is 34.6. The molecule has 103 heavy (non-hydrogen) atoms. The third-order valence-electron chi connectivity index (χ3n) is 17.5. The molecular weight excluding hydrogens is 1470 g/mol. The molecule has 8 aliphatic heterocycles. The van der Waals surface area contributed by atoms with Crippen LogP contribution in [0.25, 0.3) is 0 Å². The number of carbonyl (C=O) groups excluding carboxylic acids is 1. The van der Waals surface area contributed by atoms with Crippen LogP contribution in [0.1, 0.15) is 6.92 Å². The number of aliphatic hydroxyl groups excluding tert-OH is 18. The van der Waals surface area contributed by atoms with Gasteiger partial charge in [0.05, 0.1) is 33.0 Å². The van der Waals surface area contributed by atoms with Crippen LogP contribution >= 0.6 is 0 Å². The number of nitrogens with one attached hydrogen (secondary N) is 3. The molecule has 8 aliphatic rings. The Morgan fingerprint density at radius 1 is 0.301 bits per heavy atom. The van der Waals surface area contributed by atoms with E-state index in [1.54, 1.807) is 0 Å². The Kier molecular flexibility index (Phi) is 28.3. The first-order valence-electron chi connectivity index (χ1n) is 30.5. The van der Waals surface area contributed by atoms with Crippen molar-refractivity contribution in [3.63, 3.8) is 0 Å². The summed E-state index contributed by atoms with van der Waals surface area (Å²) in [4.78, 5) is 62.8. The van der Waals surface area contributed by atoms with Crippen LogP contribution in [0.3, 0.4) is 0 Å². The lowest BCUT2D eigenvalue weighted by atomic mass is 9.94. The molecule has 594 valence electrons. The van der Waals surface area contributed by atoms with E-state index in [-0.39, 0.29) is 0 Å². The number of aliphatic carboxylic acids is 4. The Balaban J connectivity index is 0.963. The fourth-order valence-corrected chi connectivity index (χ4v) is 13.7. The van der Waals surface area contributed by atoms with Crippen LogP contribution in [-0.4, -0.2) is 440 Å². The van der Waals surface area contributed by atoms with Gasteiger partial charge in [0.2, 0.25) is 5.91 Å². The minimum atomic E-state index is -5.69. The Morgan fingerprint density at radius 3 is 0.835 bits per heavy atom. The van der Waals surface area contributed by atoms with Crippen molar-refractivity contribution in [3.05, 3.63) is 0 Å². The van der Waals surface area contributed by atoms with E-state index in [1.807, 2.05) is 0 Å². The topological polar surface area (TPSA) is 814 Å². The second-order valence-corrected chi connectivity index (χ2v) is 26.7. The van der Waals surface area contributed by atoms with Crippen molar-refractivity contribution in [3.8, 4) is 0 Å². The van der Waals surface area contributed by atoms with Gasteiger partial charge >= 0.3 is 44.5 Å². The Bertz CT molecular complexity index is 3120. The summed E-state index contributed by atoms with van der Waals surface area (Å²) in [7, 11) is -11.3. The van der Waals surface area contributed by atoms with E-state index >= 15 is 0 Å². The first-order chi connectivity index (χ1) is 48.1. The molecule has 0 unspecified atom stereocenters. The highest BCUT2D eigenvalue weighted by Crippen LogP contribution is 2.39. The summed E-state index contributed by atoms with van der Waals surface area (Å²) < 4.78 is 154. The highest BCUT2D eigenvalue weighted by Gasteiger charge is 2.62. The van der Waals surface area contributed by atoms with Gasteiger partial charge < -0.3 is 189 Å². The van der Waals surface area contributed by atoms with Gasteiger partial charge in [0.25, 0.3) is 0 Å². The predicted octanol–water partition coefficient (Wildman–Crippen LogP) is -18.5. The van der Waals surface area contributed by atoms with Gasteiger partial charge in [-0.2, -0.15) is 26.3 Å². The van der Waals surface area contributed by atoms with Crippen LogP contribution in [0.2, 0.25) is 0 Å². The predicted molar refractivity (Wildman–Crippen MR) is 302 cm³/mol. The quantitative estimate of drug-likeness (QED) is 0.0324. The number of amides is 1. The molecule has 0 aromatic heterocycles. The summed E-state index contributed by atoms with van der Waals surface area (Å²) in [5, 5.41) is 238. The Labute approximate surface area is 576 Å². The summed E-state index contributed by atoms with van der Waals surface area (Å²) in [6.45, 7) is -4.84. The zero-order valence-corrected chi connectivity index (χ0v) is 54.0. The molecule has 27 N–H and O–H groups in total. The van der Waals surface area contributed by atoms with Crippen LogP contribution in [-0.2, 0) is 116 Å². The molecule has 0 aliphatic carbocycles. The van der Waals surface area contributed by atoms with Crippen molar-refractivity contribution in [2.45, 2.75) is 246 Å². The van der Waals surface area contributed by atoms with Gasteiger partial charge in [-0.3, -0.25) is 13.9 Å². The number of rotatable bonds is 28. The number of carbonyl (C=O) groups is 5. The fourth-order valence-electron chi connectivity index (χ4n) is 12.5. The molecule has 0 aromatic carbocycles. The maximum absolute atomic E-state index is 13.0. The highest BCUT2D eigenvalue weighted by molar-refractivity contribution is 7.84. The maximum atomic E-state index is 13.0. The van der Waals surface area contributed by atoms with Crippen molar-refractivity contribution in [2.75, 3.05) is 33.0 Å². The molecule has 39 atom stereocenters. The second-order valence-electron chi connectivity index (χ2n) is 24.4. The molecule has 0 spiro atoms. The number of hydrogen-bond donors (Lipinski definition) is 27. The molecule has 8 rings (SSSR count). The normalized spacial score (nSPS) is 47.1. The number of carboxylic acids is 4. The molecule has 0 saturated carbocycles. The smallest absolute Gasteiger partial charge is 0.335 e. The van der Waals surface area contributed by atoms with Crippen molar-refractivity contribution < 1.29 is 233 Å². The number of ether oxygens (including phenoxy) is 15. The lowest BCUT2D eigenvalue weighted by Gasteiger charge is -2.50. The van der Waals surface area contributed by atoms with Crippen LogP contribution in [0, 0.1) is 0 Å². The maximum Gasteiger partial charge on any atom is 0.335 e. The number of hydrogen-bond acceptors (Lipinski definition) is 42. The van der Waals surface area contributed by atoms with Crippen molar-refractivity contribution in [1.82, 2.24) is 14.8 Å². The Morgan fingerprint density at radius 2 is 0.553 bits per heavy atom. The van der Waals surface area contributed by atoms with E-state index < -0.39 is 323 Å². The van der Waals surface area contributed by atoms with E-state index in [0.717, 1.165) is 6.92 Å². The molecule has 8 saturated heterocycles. The summed E-state index contributed by atoms with van der Waals surface area (Å²) >= 11 is 0. The third kappa shape index (κ3) is 18.6. The van der Waals surface area contributed by atoms with Gasteiger partial charge in [0, 0.05) is 6.92 Å². The Hall–Kier alpha value is -4.23. The van der Waals surface area contributed by atoms with Gasteiger partial charge in [-0.1, -0.05) is 0 Å². The van der Waals surface area contributed by atoms with E-state index in [2.05, 4.69) is 5.32 Å². The van der Waals surface area contributed by atoms with Crippen LogP contribution in [0.5, 0.6) is 0 Å². The average molecular weight is 1550 g/mol. The molecule has 0 aromatic rings. The first-order valence-corrected chi connectivity index (χ1v) is 33.4. The van der Waals surface area contributed by atoms with E-state index in [0.29, 0.717) is 0 Å². The minimum Gasteiger partial charge on any atom is -0.479 e. The largest absolute Gasteiger partial charge is 0.479 e. The summed E-state index contributed by atoms with van der Waals surface area (Å²) in [6.07, 6.45) is -84.2. The van der Waals surface area contributed by atoms with Gasteiger partial charge in [0.15, 0.2) is 68.4 Å². The van der Waals surface area contributed by atoms with Crippen molar-refractivity contribution in [2.24, 2.45) is 0 Å². The molecule has 1 amide bonds. The molecule has 51 nitrogen and oxygen atoms in total. The monoisotopic (exact) mass is 1550 g/mol. The van der Waals surface area contributed by atoms with Crippen molar-refractivity contribution >= 4 is 50.4 Å². The summed E-state index contributed by atoms with van der Waals surface area (Å²) in [5.74, 6) is -9.25. The van der Waals surface area contributed by atoms with Gasteiger partial charge in [-0.05, 0) is 0 Å². The molecule has 8 fully saturated rings. The van der Waals surface area contributed by atoms with Crippen molar-refractivity contribution in [1.29, 1.82) is 0 Å². The number of aliphatic hydroxyl groups is 18. The lowest BCUT2D eigenvalue weighted by Crippen LogP contribution is -2.71. The van der Waals surface area contributed by atoms with Gasteiger partial charge in [-0.25, -0.2) is 19.2 Å².